The molecule has 0 bridgehead atoms. The van der Waals surface area contributed by atoms with Gasteiger partial charge in [-0.25, -0.2) is 4.79 Å². The van der Waals surface area contributed by atoms with Gasteiger partial charge in [-0.15, -0.1) is 11.3 Å². The molecular formula is C10H12BrNO2S. The van der Waals surface area contributed by atoms with Crippen molar-refractivity contribution in [3.8, 4) is 0 Å². The van der Waals surface area contributed by atoms with E-state index < -0.39 is 0 Å². The van der Waals surface area contributed by atoms with Crippen LogP contribution in [-0.2, 0) is 9.53 Å². The Morgan fingerprint density at radius 1 is 1.73 bits per heavy atom. The number of methoxy groups -OCH3 is 1. The van der Waals surface area contributed by atoms with E-state index in [2.05, 4.69) is 21.2 Å². The Labute approximate surface area is 101 Å². The third-order valence-corrected chi connectivity index (χ3v) is 4.05. The lowest BCUT2D eigenvalue weighted by molar-refractivity contribution is -0.143. The summed E-state index contributed by atoms with van der Waals surface area (Å²) in [6.07, 6.45) is 2.31. The Morgan fingerprint density at radius 3 is 2.93 bits per heavy atom. The van der Waals surface area contributed by atoms with Crippen LogP contribution in [0.15, 0.2) is 15.9 Å². The van der Waals surface area contributed by atoms with Crippen LogP contribution in [0.1, 0.15) is 23.8 Å². The van der Waals surface area contributed by atoms with Gasteiger partial charge >= 0.3 is 5.97 Å². The molecule has 15 heavy (non-hydrogen) atoms. The lowest BCUT2D eigenvalue weighted by Crippen LogP contribution is -2.30. The molecule has 1 aromatic heterocycles. The predicted molar refractivity (Wildman–Crippen MR) is 62.9 cm³/mol. The maximum atomic E-state index is 11.6. The Morgan fingerprint density at radius 2 is 2.47 bits per heavy atom. The lowest BCUT2D eigenvalue weighted by atomic mass is 10.2. The molecule has 82 valence electrons. The van der Waals surface area contributed by atoms with Crippen LogP contribution in [0.5, 0.6) is 0 Å². The van der Waals surface area contributed by atoms with Gasteiger partial charge in [-0.3, -0.25) is 5.32 Å². The van der Waals surface area contributed by atoms with Gasteiger partial charge in [0.1, 0.15) is 6.04 Å². The lowest BCUT2D eigenvalue weighted by Gasteiger charge is -2.14. The molecule has 0 aromatic carbocycles. The van der Waals surface area contributed by atoms with Gasteiger partial charge < -0.3 is 4.74 Å². The van der Waals surface area contributed by atoms with E-state index in [1.54, 1.807) is 11.3 Å². The van der Waals surface area contributed by atoms with Crippen molar-refractivity contribution in [3.63, 3.8) is 0 Å². The van der Waals surface area contributed by atoms with E-state index in [0.29, 0.717) is 6.04 Å². The van der Waals surface area contributed by atoms with Crippen LogP contribution in [0.2, 0.25) is 0 Å². The summed E-state index contributed by atoms with van der Waals surface area (Å²) in [6, 6.07) is 2.13. The first-order valence-electron chi connectivity index (χ1n) is 4.78. The van der Waals surface area contributed by atoms with Crippen molar-refractivity contribution in [2.24, 2.45) is 0 Å². The Bertz CT molecular complexity index is 362. The summed E-state index contributed by atoms with van der Waals surface area (Å²) in [5.41, 5.74) is 0. The maximum absolute atomic E-state index is 11.6. The van der Waals surface area contributed by atoms with Gasteiger partial charge in [0.15, 0.2) is 0 Å². The van der Waals surface area contributed by atoms with E-state index in [0.717, 1.165) is 22.2 Å². The first-order chi connectivity index (χ1) is 7.20. The van der Waals surface area contributed by atoms with Gasteiger partial charge in [0.05, 0.1) is 7.11 Å². The molecule has 3 nitrogen and oxygen atoms in total. The summed E-state index contributed by atoms with van der Waals surface area (Å²) in [6.45, 7) is 0. The van der Waals surface area contributed by atoms with Gasteiger partial charge in [0.25, 0.3) is 0 Å². The molecule has 1 unspecified atom stereocenters. The molecule has 0 spiro atoms. The van der Waals surface area contributed by atoms with Crippen molar-refractivity contribution in [2.75, 3.05) is 7.11 Å². The third-order valence-electron chi connectivity index (χ3n) is 2.29. The number of ether oxygens (including phenoxy) is 1. The van der Waals surface area contributed by atoms with E-state index in [9.17, 15) is 4.79 Å². The van der Waals surface area contributed by atoms with E-state index in [1.165, 1.54) is 7.11 Å². The monoisotopic (exact) mass is 289 g/mol. The number of nitrogens with one attached hydrogen (secondary N) is 1. The van der Waals surface area contributed by atoms with Gasteiger partial charge in [-0.1, -0.05) is 0 Å². The molecule has 0 aliphatic heterocycles. The predicted octanol–water partition coefficient (Wildman–Crippen LogP) is 2.48. The number of rotatable bonds is 4. The van der Waals surface area contributed by atoms with Gasteiger partial charge in [-0.2, -0.15) is 0 Å². The second-order valence-corrected chi connectivity index (χ2v) is 5.42. The molecular weight excluding hydrogens is 278 g/mol. The number of halogens is 1. The largest absolute Gasteiger partial charge is 0.468 e. The van der Waals surface area contributed by atoms with Crippen LogP contribution in [-0.4, -0.2) is 19.1 Å². The number of esters is 1. The van der Waals surface area contributed by atoms with Crippen molar-refractivity contribution in [2.45, 2.75) is 24.9 Å². The van der Waals surface area contributed by atoms with E-state index in [-0.39, 0.29) is 12.0 Å². The summed E-state index contributed by atoms with van der Waals surface area (Å²) in [5, 5.41) is 5.26. The van der Waals surface area contributed by atoms with Crippen LogP contribution in [0.3, 0.4) is 0 Å². The second kappa shape index (κ2) is 4.63. The van der Waals surface area contributed by atoms with Crippen molar-refractivity contribution in [1.82, 2.24) is 5.32 Å². The van der Waals surface area contributed by atoms with E-state index in [1.807, 2.05) is 11.4 Å². The van der Waals surface area contributed by atoms with E-state index in [4.69, 9.17) is 4.74 Å². The standard InChI is InChI=1S/C10H12BrNO2S/c1-14-10(13)9(12-7-2-3-7)8-4-6(11)5-15-8/h4-5,7,9,12H,2-3H2,1H3. The van der Waals surface area contributed by atoms with Crippen molar-refractivity contribution in [3.05, 3.63) is 20.8 Å². The molecule has 1 heterocycles. The second-order valence-electron chi connectivity index (χ2n) is 3.56. The molecule has 1 aromatic rings. The molecule has 1 aliphatic carbocycles. The van der Waals surface area contributed by atoms with Crippen molar-refractivity contribution < 1.29 is 9.53 Å². The molecule has 0 saturated heterocycles. The normalized spacial score (nSPS) is 17.5. The fourth-order valence-electron chi connectivity index (χ4n) is 1.35. The summed E-state index contributed by atoms with van der Waals surface area (Å²) in [4.78, 5) is 12.6. The highest BCUT2D eigenvalue weighted by Gasteiger charge is 2.30. The van der Waals surface area contributed by atoms with Crippen LogP contribution >= 0.6 is 27.3 Å². The average Bonchev–Trinajstić information content (AvgIpc) is 2.96. The summed E-state index contributed by atoms with van der Waals surface area (Å²) >= 11 is 4.94. The molecule has 1 N–H and O–H groups in total. The summed E-state index contributed by atoms with van der Waals surface area (Å²) < 4.78 is 5.80. The minimum atomic E-state index is -0.307. The first-order valence-corrected chi connectivity index (χ1v) is 6.46. The van der Waals surface area contributed by atoms with Gasteiger partial charge in [0.2, 0.25) is 0 Å². The first kappa shape index (κ1) is 11.1. The number of hydrogen-bond acceptors (Lipinski definition) is 4. The number of hydrogen-bond donors (Lipinski definition) is 1. The number of thiophene rings is 1. The zero-order chi connectivity index (χ0) is 10.8. The Balaban J connectivity index is 2.12. The fourth-order valence-corrected chi connectivity index (χ4v) is 2.84. The zero-order valence-corrected chi connectivity index (χ0v) is 10.7. The van der Waals surface area contributed by atoms with Crippen molar-refractivity contribution >= 4 is 33.2 Å². The highest BCUT2D eigenvalue weighted by Crippen LogP contribution is 2.30. The van der Waals surface area contributed by atoms with Crippen LogP contribution < -0.4 is 5.32 Å². The molecule has 1 aliphatic rings. The Kier molecular flexibility index (Phi) is 3.43. The van der Waals surface area contributed by atoms with Crippen LogP contribution in [0.25, 0.3) is 0 Å². The maximum Gasteiger partial charge on any atom is 0.328 e. The van der Waals surface area contributed by atoms with Gasteiger partial charge in [0, 0.05) is 20.8 Å². The highest BCUT2D eigenvalue weighted by molar-refractivity contribution is 9.10. The third kappa shape index (κ3) is 2.80. The van der Waals surface area contributed by atoms with Gasteiger partial charge in [-0.05, 0) is 34.8 Å². The molecule has 0 amide bonds. The van der Waals surface area contributed by atoms with Crippen LogP contribution in [0, 0.1) is 0 Å². The quantitative estimate of drug-likeness (QED) is 0.866. The number of carbonyl (C=O) groups is 1. The topological polar surface area (TPSA) is 38.3 Å². The summed E-state index contributed by atoms with van der Waals surface area (Å²) in [5.74, 6) is -0.212. The SMILES string of the molecule is COC(=O)C(NC1CC1)c1cc(Br)cs1. The molecule has 2 rings (SSSR count). The van der Waals surface area contributed by atoms with Crippen LogP contribution in [0.4, 0.5) is 0 Å². The molecule has 1 atom stereocenters. The Hall–Kier alpha value is -0.390. The summed E-state index contributed by atoms with van der Waals surface area (Å²) in [7, 11) is 1.42. The smallest absolute Gasteiger partial charge is 0.328 e. The minimum Gasteiger partial charge on any atom is -0.468 e. The highest BCUT2D eigenvalue weighted by atomic mass is 79.9. The minimum absolute atomic E-state index is 0.212. The number of carbonyl (C=O) groups excluding carboxylic acids is 1. The molecule has 1 saturated carbocycles. The molecule has 5 heteroatoms. The molecule has 0 radical (unpaired) electrons. The molecule has 1 fully saturated rings. The fraction of sp³-hybridized carbons (Fsp3) is 0.500. The van der Waals surface area contributed by atoms with Crippen molar-refractivity contribution in [1.29, 1.82) is 0 Å². The van der Waals surface area contributed by atoms with E-state index >= 15 is 0 Å². The average molecular weight is 290 g/mol. The zero-order valence-electron chi connectivity index (χ0n) is 8.33.